The van der Waals surface area contributed by atoms with E-state index >= 15 is 0 Å². The van der Waals surface area contributed by atoms with Gasteiger partial charge in [0.05, 0.1) is 23.3 Å². The normalized spacial score (nSPS) is 12.2. The topological polar surface area (TPSA) is 55.1 Å². The maximum atomic E-state index is 14.1. The number of hydrogen-bond acceptors (Lipinski definition) is 2. The summed E-state index contributed by atoms with van der Waals surface area (Å²) in [6.07, 6.45) is -2.56. The van der Waals surface area contributed by atoms with E-state index in [0.717, 1.165) is 24.3 Å². The monoisotopic (exact) mass is 398 g/mol. The fraction of sp³-hybridized carbons (Fsp3) is 0.111. The van der Waals surface area contributed by atoms with Crippen molar-refractivity contribution in [3.8, 4) is 0 Å². The van der Waals surface area contributed by atoms with Crippen LogP contribution in [0.15, 0.2) is 42.5 Å². The highest BCUT2D eigenvalue weighted by Crippen LogP contribution is 2.33. The summed E-state index contributed by atoms with van der Waals surface area (Å²) in [4.78, 5) is 10.7. The molecule has 1 N–H and O–H groups in total. The van der Waals surface area contributed by atoms with E-state index in [1.807, 2.05) is 0 Å². The van der Waals surface area contributed by atoms with Gasteiger partial charge in [-0.25, -0.2) is 9.18 Å². The first-order valence-corrected chi connectivity index (χ1v) is 7.95. The number of carboxylic acid groups (broad SMARTS) is 1. The van der Waals surface area contributed by atoms with Gasteiger partial charge in [-0.05, 0) is 36.4 Å². The molecule has 0 amide bonds. The van der Waals surface area contributed by atoms with Gasteiger partial charge < -0.3 is 5.11 Å². The number of carboxylic acids is 1. The lowest BCUT2D eigenvalue weighted by molar-refractivity contribution is -0.137. The van der Waals surface area contributed by atoms with E-state index in [9.17, 15) is 22.4 Å². The molecule has 0 unspecified atom stereocenters. The van der Waals surface area contributed by atoms with Crippen LogP contribution in [0.5, 0.6) is 0 Å². The third-order valence-corrected chi connectivity index (χ3v) is 4.06. The molecule has 0 aliphatic rings. The minimum atomic E-state index is -4.56. The van der Waals surface area contributed by atoms with Crippen LogP contribution in [0.3, 0.4) is 0 Å². The van der Waals surface area contributed by atoms with Crippen LogP contribution in [0.1, 0.15) is 16.8 Å². The minimum Gasteiger partial charge on any atom is -0.478 e. The van der Waals surface area contributed by atoms with Gasteiger partial charge in [0.15, 0.2) is 0 Å². The third kappa shape index (κ3) is 4.11. The average molecular weight is 399 g/mol. The molecule has 0 aliphatic carbocycles. The SMILES string of the molecule is O=C(O)/C=C/c1nn(Cc2ccc(Cl)cc2F)c2cc(C(F)(F)F)ccc12. The first-order valence-electron chi connectivity index (χ1n) is 7.58. The van der Waals surface area contributed by atoms with Crippen LogP contribution < -0.4 is 0 Å². The number of aromatic nitrogens is 2. The number of carbonyl (C=O) groups is 1. The number of fused-ring (bicyclic) bond motifs is 1. The molecule has 1 aromatic heterocycles. The maximum absolute atomic E-state index is 14.1. The molecule has 3 rings (SSSR count). The van der Waals surface area contributed by atoms with Crippen LogP contribution in [0.4, 0.5) is 17.6 Å². The number of alkyl halides is 3. The van der Waals surface area contributed by atoms with Crippen LogP contribution in [0.25, 0.3) is 17.0 Å². The van der Waals surface area contributed by atoms with E-state index < -0.39 is 23.5 Å². The molecule has 0 saturated heterocycles. The summed E-state index contributed by atoms with van der Waals surface area (Å²) >= 11 is 5.71. The van der Waals surface area contributed by atoms with Crippen LogP contribution >= 0.6 is 11.6 Å². The summed E-state index contributed by atoms with van der Waals surface area (Å²) in [5.74, 6) is -1.85. The van der Waals surface area contributed by atoms with Crippen LogP contribution in [0.2, 0.25) is 5.02 Å². The number of aliphatic carboxylic acids is 1. The van der Waals surface area contributed by atoms with Gasteiger partial charge in [-0.2, -0.15) is 18.3 Å². The maximum Gasteiger partial charge on any atom is 0.416 e. The number of halogens is 5. The zero-order valence-corrected chi connectivity index (χ0v) is 14.2. The van der Waals surface area contributed by atoms with Gasteiger partial charge >= 0.3 is 12.1 Å². The van der Waals surface area contributed by atoms with Gasteiger partial charge in [-0.1, -0.05) is 17.7 Å². The third-order valence-electron chi connectivity index (χ3n) is 3.83. The molecule has 0 spiro atoms. The Morgan fingerprint density at radius 1 is 1.22 bits per heavy atom. The number of rotatable bonds is 4. The molecule has 0 radical (unpaired) electrons. The Labute approximate surface area is 155 Å². The molecule has 2 aromatic carbocycles. The quantitative estimate of drug-likeness (QED) is 0.497. The highest BCUT2D eigenvalue weighted by molar-refractivity contribution is 6.30. The fourth-order valence-electron chi connectivity index (χ4n) is 2.58. The van der Waals surface area contributed by atoms with Crippen molar-refractivity contribution in [3.63, 3.8) is 0 Å². The van der Waals surface area contributed by atoms with Crippen molar-refractivity contribution in [2.24, 2.45) is 0 Å². The van der Waals surface area contributed by atoms with Gasteiger partial charge in [0, 0.05) is 22.0 Å². The van der Waals surface area contributed by atoms with Crippen LogP contribution in [-0.2, 0) is 17.5 Å². The largest absolute Gasteiger partial charge is 0.478 e. The van der Waals surface area contributed by atoms with E-state index in [2.05, 4.69) is 5.10 Å². The number of nitrogens with zero attached hydrogens (tertiary/aromatic N) is 2. The minimum absolute atomic E-state index is 0.101. The van der Waals surface area contributed by atoms with Gasteiger partial charge in [0.1, 0.15) is 5.82 Å². The van der Waals surface area contributed by atoms with Crippen LogP contribution in [-0.4, -0.2) is 20.9 Å². The molecule has 27 heavy (non-hydrogen) atoms. The molecule has 0 atom stereocenters. The standard InChI is InChI=1S/C18H11ClF4N2O2/c19-12-3-1-10(14(20)8-12)9-25-16-7-11(18(21,22)23)2-4-13(16)15(24-25)5-6-17(26)27/h1-8H,9H2,(H,26,27)/b6-5+. The van der Waals surface area contributed by atoms with E-state index in [0.29, 0.717) is 5.39 Å². The second-order valence-electron chi connectivity index (χ2n) is 5.68. The highest BCUT2D eigenvalue weighted by Gasteiger charge is 2.31. The summed E-state index contributed by atoms with van der Waals surface area (Å²) in [7, 11) is 0. The van der Waals surface area contributed by atoms with Crippen molar-refractivity contribution in [2.75, 3.05) is 0 Å². The van der Waals surface area contributed by atoms with Crippen molar-refractivity contribution in [2.45, 2.75) is 12.7 Å². The summed E-state index contributed by atoms with van der Waals surface area (Å²) in [5, 5.41) is 13.4. The lowest BCUT2D eigenvalue weighted by atomic mass is 10.1. The Morgan fingerprint density at radius 3 is 2.59 bits per heavy atom. The first kappa shape index (κ1) is 18.9. The Morgan fingerprint density at radius 2 is 1.96 bits per heavy atom. The summed E-state index contributed by atoms with van der Waals surface area (Å²) in [6.45, 7) is -0.151. The molecule has 3 aromatic rings. The van der Waals surface area contributed by atoms with Crippen molar-refractivity contribution in [1.82, 2.24) is 9.78 Å². The van der Waals surface area contributed by atoms with Crippen molar-refractivity contribution in [1.29, 1.82) is 0 Å². The lowest BCUT2D eigenvalue weighted by Crippen LogP contribution is -2.07. The zero-order valence-electron chi connectivity index (χ0n) is 13.5. The Bertz CT molecular complexity index is 1060. The molecule has 0 aliphatic heterocycles. The van der Waals surface area contributed by atoms with Crippen molar-refractivity contribution < 1.29 is 27.5 Å². The van der Waals surface area contributed by atoms with E-state index in [1.165, 1.54) is 29.0 Å². The average Bonchev–Trinajstić information content (AvgIpc) is 2.92. The molecular weight excluding hydrogens is 388 g/mol. The zero-order chi connectivity index (χ0) is 19.8. The van der Waals surface area contributed by atoms with Crippen molar-refractivity contribution >= 4 is 34.5 Å². The molecule has 0 bridgehead atoms. The molecule has 9 heteroatoms. The molecule has 1 heterocycles. The van der Waals surface area contributed by atoms with Gasteiger partial charge in [-0.3, -0.25) is 4.68 Å². The molecular formula is C18H11ClF4N2O2. The fourth-order valence-corrected chi connectivity index (χ4v) is 2.74. The predicted molar refractivity (Wildman–Crippen MR) is 91.9 cm³/mol. The lowest BCUT2D eigenvalue weighted by Gasteiger charge is -2.09. The summed E-state index contributed by atoms with van der Waals surface area (Å²) in [6, 6.07) is 6.95. The first-order chi connectivity index (χ1) is 12.6. The molecule has 0 saturated carbocycles. The Balaban J connectivity index is 2.15. The summed E-state index contributed by atoms with van der Waals surface area (Å²) in [5.41, 5.74) is -0.448. The van der Waals surface area contributed by atoms with Gasteiger partial charge in [0.2, 0.25) is 0 Å². The summed E-state index contributed by atoms with van der Waals surface area (Å²) < 4.78 is 54.4. The second kappa shape index (κ2) is 7.03. The molecule has 140 valence electrons. The van der Waals surface area contributed by atoms with E-state index in [4.69, 9.17) is 16.7 Å². The smallest absolute Gasteiger partial charge is 0.416 e. The predicted octanol–water partition coefficient (Wildman–Crippen LogP) is 4.99. The van der Waals surface area contributed by atoms with Gasteiger partial charge in [-0.15, -0.1) is 0 Å². The second-order valence-corrected chi connectivity index (χ2v) is 6.12. The van der Waals surface area contributed by atoms with Gasteiger partial charge in [0.25, 0.3) is 0 Å². The Hall–Kier alpha value is -2.87. The molecule has 4 nitrogen and oxygen atoms in total. The Kier molecular flexibility index (Phi) is 4.93. The van der Waals surface area contributed by atoms with E-state index in [1.54, 1.807) is 0 Å². The molecule has 0 fully saturated rings. The van der Waals surface area contributed by atoms with Crippen molar-refractivity contribution in [3.05, 3.63) is 70.1 Å². The number of hydrogen-bond donors (Lipinski definition) is 1. The van der Waals surface area contributed by atoms with E-state index in [-0.39, 0.29) is 28.3 Å². The highest BCUT2D eigenvalue weighted by atomic mass is 35.5. The number of benzene rings is 2. The van der Waals surface area contributed by atoms with Crippen LogP contribution in [0, 0.1) is 5.82 Å².